The molecule has 0 aliphatic carbocycles. The van der Waals surface area contributed by atoms with Crippen molar-refractivity contribution in [1.82, 2.24) is 10.6 Å². The zero-order valence-corrected chi connectivity index (χ0v) is 13.9. The van der Waals surface area contributed by atoms with Crippen molar-refractivity contribution in [3.8, 4) is 0 Å². The van der Waals surface area contributed by atoms with Crippen LogP contribution in [0.4, 0.5) is 0 Å². The number of hydrogen-bond donors (Lipinski definition) is 2. The van der Waals surface area contributed by atoms with Crippen LogP contribution in [0.15, 0.2) is 18.2 Å². The molecule has 1 heterocycles. The molecule has 1 saturated heterocycles. The molecule has 0 unspecified atom stereocenters. The summed E-state index contributed by atoms with van der Waals surface area (Å²) < 4.78 is 22.7. The number of carbonyl (C=O) groups is 1. The van der Waals surface area contributed by atoms with Crippen LogP contribution in [0.5, 0.6) is 0 Å². The van der Waals surface area contributed by atoms with E-state index in [1.54, 1.807) is 6.07 Å². The van der Waals surface area contributed by atoms with Crippen LogP contribution in [0.3, 0.4) is 0 Å². The second-order valence-electron chi connectivity index (χ2n) is 4.65. The standard InChI is InChI=1S/C12H12Cl2N2O3S2/c13-7-1-2-9(10(14)5-7)11(17)16-12(20)15-8-3-4-21(18,19)6-8/h1-2,5,8H,3-4,6H2,(H2,15,16,17,20)/t8-/m1/s1. The SMILES string of the molecule is O=C(NC(=S)N[C@@H]1CCS(=O)(=O)C1)c1ccc(Cl)cc1Cl. The molecule has 114 valence electrons. The average molecular weight is 367 g/mol. The number of amides is 1. The van der Waals surface area contributed by atoms with E-state index in [4.69, 9.17) is 35.4 Å². The van der Waals surface area contributed by atoms with Crippen molar-refractivity contribution in [2.24, 2.45) is 0 Å². The molecule has 0 saturated carbocycles. The molecule has 0 bridgehead atoms. The molecular weight excluding hydrogens is 355 g/mol. The number of rotatable bonds is 2. The van der Waals surface area contributed by atoms with E-state index in [2.05, 4.69) is 10.6 Å². The van der Waals surface area contributed by atoms with Crippen LogP contribution in [-0.4, -0.2) is 37.0 Å². The molecule has 0 spiro atoms. The van der Waals surface area contributed by atoms with Crippen LogP contribution in [0.2, 0.25) is 10.0 Å². The topological polar surface area (TPSA) is 75.3 Å². The maximum Gasteiger partial charge on any atom is 0.258 e. The first-order valence-electron chi connectivity index (χ1n) is 6.04. The van der Waals surface area contributed by atoms with Crippen LogP contribution in [0.1, 0.15) is 16.8 Å². The predicted octanol–water partition coefficient (Wildman–Crippen LogP) is 1.78. The molecule has 1 amide bonds. The summed E-state index contributed by atoms with van der Waals surface area (Å²) in [5.74, 6) is -0.329. The van der Waals surface area contributed by atoms with E-state index in [0.717, 1.165) is 0 Å². The fraction of sp³-hybridized carbons (Fsp3) is 0.333. The third-order valence-electron chi connectivity index (χ3n) is 2.97. The Morgan fingerprint density at radius 1 is 1.33 bits per heavy atom. The van der Waals surface area contributed by atoms with Gasteiger partial charge in [0.05, 0.1) is 22.1 Å². The summed E-state index contributed by atoms with van der Waals surface area (Å²) in [6.45, 7) is 0. The Labute approximate surface area is 137 Å². The van der Waals surface area contributed by atoms with Gasteiger partial charge in [0, 0.05) is 11.1 Å². The lowest BCUT2D eigenvalue weighted by molar-refractivity contribution is 0.0976. The first kappa shape index (κ1) is 16.5. The van der Waals surface area contributed by atoms with Crippen molar-refractivity contribution in [2.75, 3.05) is 11.5 Å². The van der Waals surface area contributed by atoms with Crippen molar-refractivity contribution >= 4 is 56.3 Å². The van der Waals surface area contributed by atoms with Crippen LogP contribution in [0, 0.1) is 0 Å². The molecule has 1 fully saturated rings. The van der Waals surface area contributed by atoms with Crippen molar-refractivity contribution in [3.63, 3.8) is 0 Å². The van der Waals surface area contributed by atoms with Gasteiger partial charge in [-0.15, -0.1) is 0 Å². The third-order valence-corrected chi connectivity index (χ3v) is 5.51. The van der Waals surface area contributed by atoms with Crippen LogP contribution >= 0.6 is 35.4 Å². The van der Waals surface area contributed by atoms with Crippen LogP contribution in [-0.2, 0) is 9.84 Å². The zero-order chi connectivity index (χ0) is 15.6. The Morgan fingerprint density at radius 2 is 2.05 bits per heavy atom. The highest BCUT2D eigenvalue weighted by molar-refractivity contribution is 7.91. The molecule has 1 aromatic rings. The minimum absolute atomic E-state index is 0.0186. The molecule has 21 heavy (non-hydrogen) atoms. The highest BCUT2D eigenvalue weighted by Gasteiger charge is 2.28. The van der Waals surface area contributed by atoms with Gasteiger partial charge in [-0.25, -0.2) is 8.42 Å². The van der Waals surface area contributed by atoms with Gasteiger partial charge in [0.2, 0.25) is 0 Å². The van der Waals surface area contributed by atoms with Gasteiger partial charge in [0.1, 0.15) is 0 Å². The molecule has 1 atom stereocenters. The quantitative estimate of drug-likeness (QED) is 0.780. The summed E-state index contributed by atoms with van der Waals surface area (Å²) in [5, 5.41) is 6.00. The first-order chi connectivity index (χ1) is 9.77. The predicted molar refractivity (Wildman–Crippen MR) is 86.7 cm³/mol. The molecule has 0 aromatic heterocycles. The summed E-state index contributed by atoms with van der Waals surface area (Å²) in [6.07, 6.45) is 0.472. The number of thiocarbonyl (C=S) groups is 1. The van der Waals surface area contributed by atoms with Crippen molar-refractivity contribution in [3.05, 3.63) is 33.8 Å². The second-order valence-corrected chi connectivity index (χ2v) is 8.13. The van der Waals surface area contributed by atoms with E-state index in [1.165, 1.54) is 12.1 Å². The summed E-state index contributed by atoms with van der Waals surface area (Å²) in [6, 6.07) is 4.21. The molecule has 2 rings (SSSR count). The van der Waals surface area contributed by atoms with Gasteiger partial charge in [-0.05, 0) is 36.8 Å². The molecular formula is C12H12Cl2N2O3S2. The van der Waals surface area contributed by atoms with Crippen LogP contribution < -0.4 is 10.6 Å². The molecule has 0 radical (unpaired) electrons. The monoisotopic (exact) mass is 366 g/mol. The minimum Gasteiger partial charge on any atom is -0.359 e. The van der Waals surface area contributed by atoms with E-state index in [9.17, 15) is 13.2 Å². The van der Waals surface area contributed by atoms with E-state index in [-0.39, 0.29) is 33.2 Å². The van der Waals surface area contributed by atoms with Gasteiger partial charge in [0.15, 0.2) is 14.9 Å². The van der Waals surface area contributed by atoms with Crippen molar-refractivity contribution in [1.29, 1.82) is 0 Å². The smallest absolute Gasteiger partial charge is 0.258 e. The summed E-state index contributed by atoms with van der Waals surface area (Å²) in [5.41, 5.74) is 0.240. The maximum absolute atomic E-state index is 12.0. The molecule has 2 N–H and O–H groups in total. The summed E-state index contributed by atoms with van der Waals surface area (Å²) >= 11 is 16.7. The van der Waals surface area contributed by atoms with E-state index < -0.39 is 15.7 Å². The van der Waals surface area contributed by atoms with E-state index in [1.807, 2.05) is 0 Å². The molecule has 5 nitrogen and oxygen atoms in total. The lowest BCUT2D eigenvalue weighted by Gasteiger charge is -2.14. The fourth-order valence-electron chi connectivity index (χ4n) is 1.97. The number of halogens is 2. The molecule has 1 aromatic carbocycles. The molecule has 1 aliphatic heterocycles. The summed E-state index contributed by atoms with van der Waals surface area (Å²) in [7, 11) is -3.00. The summed E-state index contributed by atoms with van der Waals surface area (Å²) in [4.78, 5) is 12.0. The Hall–Kier alpha value is -0.890. The minimum atomic E-state index is -3.00. The van der Waals surface area contributed by atoms with Gasteiger partial charge < -0.3 is 5.32 Å². The van der Waals surface area contributed by atoms with Gasteiger partial charge in [-0.3, -0.25) is 10.1 Å². The van der Waals surface area contributed by atoms with Crippen LogP contribution in [0.25, 0.3) is 0 Å². The van der Waals surface area contributed by atoms with Gasteiger partial charge >= 0.3 is 0 Å². The van der Waals surface area contributed by atoms with E-state index >= 15 is 0 Å². The van der Waals surface area contributed by atoms with Crippen molar-refractivity contribution in [2.45, 2.75) is 12.5 Å². The zero-order valence-electron chi connectivity index (χ0n) is 10.7. The van der Waals surface area contributed by atoms with Gasteiger partial charge in [0.25, 0.3) is 5.91 Å². The third kappa shape index (κ3) is 4.54. The number of carbonyl (C=O) groups excluding carboxylic acids is 1. The van der Waals surface area contributed by atoms with Gasteiger partial charge in [-0.2, -0.15) is 0 Å². The normalized spacial score (nSPS) is 20.0. The largest absolute Gasteiger partial charge is 0.359 e. The number of benzene rings is 1. The number of hydrogen-bond acceptors (Lipinski definition) is 4. The number of nitrogens with one attached hydrogen (secondary N) is 2. The van der Waals surface area contributed by atoms with Crippen molar-refractivity contribution < 1.29 is 13.2 Å². The molecule has 1 aliphatic rings. The van der Waals surface area contributed by atoms with Gasteiger partial charge in [-0.1, -0.05) is 23.2 Å². The highest BCUT2D eigenvalue weighted by atomic mass is 35.5. The van der Waals surface area contributed by atoms with E-state index in [0.29, 0.717) is 11.4 Å². The Morgan fingerprint density at radius 3 is 2.62 bits per heavy atom. The Kier molecular flexibility index (Phi) is 5.08. The fourth-order valence-corrected chi connectivity index (χ4v) is 4.40. The first-order valence-corrected chi connectivity index (χ1v) is 9.03. The highest BCUT2D eigenvalue weighted by Crippen LogP contribution is 2.20. The Bertz CT molecular complexity index is 692. The second kappa shape index (κ2) is 6.48. The lowest BCUT2D eigenvalue weighted by atomic mass is 10.2. The molecule has 9 heteroatoms. The lowest BCUT2D eigenvalue weighted by Crippen LogP contribution is -2.44. The Balaban J connectivity index is 1.95. The average Bonchev–Trinajstić information content (AvgIpc) is 2.67. The maximum atomic E-state index is 12.0. The number of sulfone groups is 1.